The van der Waals surface area contributed by atoms with Crippen molar-refractivity contribution in [2.45, 2.75) is 44.6 Å². The molecule has 0 amide bonds. The fourth-order valence-electron chi connectivity index (χ4n) is 3.07. The molecule has 0 spiro atoms. The number of hydrogen-bond acceptors (Lipinski definition) is 6. The minimum absolute atomic E-state index is 0.00204. The number of aryl methyl sites for hydroxylation is 1. The van der Waals surface area contributed by atoms with Crippen LogP contribution in [0.5, 0.6) is 0 Å². The summed E-state index contributed by atoms with van der Waals surface area (Å²) in [5.74, 6) is 2.22. The number of nitrogens with zero attached hydrogens (tertiary/aromatic N) is 5. The van der Waals surface area contributed by atoms with Crippen LogP contribution in [0.3, 0.4) is 0 Å². The minimum atomic E-state index is -3.77. The molecule has 142 valence electrons. The number of aromatic nitrogens is 4. The molecule has 0 aromatic carbocycles. The first-order valence-corrected chi connectivity index (χ1v) is 10.4. The molecule has 1 N–H and O–H groups in total. The molecule has 0 radical (unpaired) electrons. The Bertz CT molecular complexity index is 852. The predicted molar refractivity (Wildman–Crippen MR) is 101 cm³/mol. The molecule has 0 atom stereocenters. The van der Waals surface area contributed by atoms with Crippen molar-refractivity contribution >= 4 is 21.7 Å². The predicted octanol–water partition coefficient (Wildman–Crippen LogP) is 2.37. The summed E-state index contributed by atoms with van der Waals surface area (Å²) in [6, 6.07) is 0. The molecule has 2 aromatic rings. The first-order valence-electron chi connectivity index (χ1n) is 8.89. The Kier molecular flexibility index (Phi) is 5.17. The average Bonchev–Trinajstić information content (AvgIpc) is 2.99. The fourth-order valence-corrected chi connectivity index (χ4v) is 4.10. The first-order chi connectivity index (χ1) is 12.3. The zero-order chi connectivity index (χ0) is 18.9. The van der Waals surface area contributed by atoms with E-state index in [4.69, 9.17) is 0 Å². The van der Waals surface area contributed by atoms with Crippen LogP contribution in [0.1, 0.15) is 45.4 Å². The van der Waals surface area contributed by atoms with Gasteiger partial charge in [-0.15, -0.1) is 0 Å². The van der Waals surface area contributed by atoms with Crippen LogP contribution < -0.4 is 9.62 Å². The van der Waals surface area contributed by atoms with E-state index in [0.29, 0.717) is 11.6 Å². The van der Waals surface area contributed by atoms with Crippen molar-refractivity contribution in [2.75, 3.05) is 22.7 Å². The fraction of sp³-hybridized carbons (Fsp3) is 0.588. The van der Waals surface area contributed by atoms with E-state index in [9.17, 15) is 8.42 Å². The second kappa shape index (κ2) is 7.22. The molecule has 1 aliphatic rings. The third-order valence-electron chi connectivity index (χ3n) is 4.64. The van der Waals surface area contributed by atoms with Crippen LogP contribution in [0.2, 0.25) is 0 Å². The standard InChI is InChI=1S/C17H26N6O2S/c1-12(2)16-20-15(11-22(16)4)26(24,25)21-14-9-18-17(19-10-14)23-7-5-13(3)6-8-23/h9-13,21H,5-8H2,1-4H3. The Hall–Kier alpha value is -2.16. The van der Waals surface area contributed by atoms with E-state index in [1.807, 2.05) is 13.8 Å². The molecule has 2 aromatic heterocycles. The normalized spacial score (nSPS) is 16.3. The maximum Gasteiger partial charge on any atom is 0.281 e. The highest BCUT2D eigenvalue weighted by atomic mass is 32.2. The second-order valence-corrected chi connectivity index (χ2v) is 8.88. The first kappa shape index (κ1) is 18.6. The maximum atomic E-state index is 12.6. The van der Waals surface area contributed by atoms with Crippen LogP contribution in [-0.4, -0.2) is 41.0 Å². The Labute approximate surface area is 154 Å². The van der Waals surface area contributed by atoms with E-state index in [1.54, 1.807) is 11.6 Å². The lowest BCUT2D eigenvalue weighted by molar-refractivity contribution is 0.434. The lowest BCUT2D eigenvalue weighted by Gasteiger charge is -2.30. The number of imidazole rings is 1. The highest BCUT2D eigenvalue weighted by Crippen LogP contribution is 2.22. The number of anilines is 2. The van der Waals surface area contributed by atoms with Crippen LogP contribution in [0, 0.1) is 5.92 Å². The molecule has 1 fully saturated rings. The van der Waals surface area contributed by atoms with E-state index < -0.39 is 10.0 Å². The highest BCUT2D eigenvalue weighted by Gasteiger charge is 2.22. The van der Waals surface area contributed by atoms with Gasteiger partial charge in [0.1, 0.15) is 5.82 Å². The van der Waals surface area contributed by atoms with Crippen LogP contribution in [-0.2, 0) is 17.1 Å². The van der Waals surface area contributed by atoms with E-state index in [0.717, 1.165) is 37.7 Å². The molecule has 8 nitrogen and oxygen atoms in total. The summed E-state index contributed by atoms with van der Waals surface area (Å²) < 4.78 is 29.4. The quantitative estimate of drug-likeness (QED) is 0.859. The molecular weight excluding hydrogens is 352 g/mol. The number of rotatable bonds is 5. The Balaban J connectivity index is 1.73. The molecule has 1 saturated heterocycles. The van der Waals surface area contributed by atoms with Crippen LogP contribution >= 0.6 is 0 Å². The molecular formula is C17H26N6O2S. The summed E-state index contributed by atoms with van der Waals surface area (Å²) in [7, 11) is -1.98. The van der Waals surface area contributed by atoms with Crippen LogP contribution in [0.15, 0.2) is 23.6 Å². The van der Waals surface area contributed by atoms with Gasteiger partial charge in [0, 0.05) is 32.3 Å². The summed E-state index contributed by atoms with van der Waals surface area (Å²) in [4.78, 5) is 15.0. The van der Waals surface area contributed by atoms with Gasteiger partial charge in [-0.2, -0.15) is 8.42 Å². The van der Waals surface area contributed by atoms with Gasteiger partial charge in [-0.3, -0.25) is 4.72 Å². The molecule has 0 saturated carbocycles. The monoisotopic (exact) mass is 378 g/mol. The van der Waals surface area contributed by atoms with Crippen LogP contribution in [0.25, 0.3) is 0 Å². The van der Waals surface area contributed by atoms with Gasteiger partial charge in [0.25, 0.3) is 10.0 Å². The SMILES string of the molecule is CC1CCN(c2ncc(NS(=O)(=O)c3cn(C)c(C(C)C)n3)cn2)CC1. The summed E-state index contributed by atoms with van der Waals surface area (Å²) >= 11 is 0. The van der Waals surface area contributed by atoms with Gasteiger partial charge in [-0.1, -0.05) is 20.8 Å². The zero-order valence-corrected chi connectivity index (χ0v) is 16.5. The number of piperidine rings is 1. The summed E-state index contributed by atoms with van der Waals surface area (Å²) in [5.41, 5.74) is 0.330. The van der Waals surface area contributed by atoms with Crippen molar-refractivity contribution < 1.29 is 8.42 Å². The second-order valence-electron chi connectivity index (χ2n) is 7.25. The molecule has 3 rings (SSSR count). The van der Waals surface area contributed by atoms with Crippen molar-refractivity contribution in [3.8, 4) is 0 Å². The summed E-state index contributed by atoms with van der Waals surface area (Å²) in [6.45, 7) is 8.05. The molecule has 0 unspecified atom stereocenters. The van der Waals surface area contributed by atoms with Gasteiger partial charge in [0.15, 0.2) is 5.03 Å². The van der Waals surface area contributed by atoms with E-state index in [2.05, 4.69) is 31.5 Å². The van der Waals surface area contributed by atoms with Crippen molar-refractivity contribution in [3.05, 3.63) is 24.4 Å². The third-order valence-corrected chi connectivity index (χ3v) is 5.89. The average molecular weight is 379 g/mol. The van der Waals surface area contributed by atoms with Gasteiger partial charge in [-0.05, 0) is 18.8 Å². The lowest BCUT2D eigenvalue weighted by Crippen LogP contribution is -2.34. The van der Waals surface area contributed by atoms with Gasteiger partial charge in [0.05, 0.1) is 18.1 Å². The lowest BCUT2D eigenvalue weighted by atomic mass is 10.00. The van der Waals surface area contributed by atoms with Crippen molar-refractivity contribution in [1.82, 2.24) is 19.5 Å². The third kappa shape index (κ3) is 3.98. The van der Waals surface area contributed by atoms with Gasteiger partial charge in [-0.25, -0.2) is 15.0 Å². The Morgan fingerprint density at radius 2 is 1.81 bits per heavy atom. The van der Waals surface area contributed by atoms with Crippen molar-refractivity contribution in [2.24, 2.45) is 13.0 Å². The number of nitrogens with one attached hydrogen (secondary N) is 1. The van der Waals surface area contributed by atoms with E-state index >= 15 is 0 Å². The smallest absolute Gasteiger partial charge is 0.281 e. The van der Waals surface area contributed by atoms with E-state index in [1.165, 1.54) is 18.6 Å². The Morgan fingerprint density at radius 3 is 2.35 bits per heavy atom. The molecule has 9 heteroatoms. The number of sulfonamides is 1. The van der Waals surface area contributed by atoms with Crippen LogP contribution in [0.4, 0.5) is 11.6 Å². The largest absolute Gasteiger partial charge is 0.341 e. The van der Waals surface area contributed by atoms with E-state index in [-0.39, 0.29) is 10.9 Å². The zero-order valence-electron chi connectivity index (χ0n) is 15.7. The summed E-state index contributed by atoms with van der Waals surface area (Å²) in [5, 5.41) is -0.00204. The molecule has 0 bridgehead atoms. The Morgan fingerprint density at radius 1 is 1.19 bits per heavy atom. The molecule has 1 aliphatic heterocycles. The van der Waals surface area contributed by atoms with Gasteiger partial charge in [0.2, 0.25) is 5.95 Å². The van der Waals surface area contributed by atoms with Crippen molar-refractivity contribution in [3.63, 3.8) is 0 Å². The number of hydrogen-bond donors (Lipinski definition) is 1. The topological polar surface area (TPSA) is 93.0 Å². The highest BCUT2D eigenvalue weighted by molar-refractivity contribution is 7.92. The molecule has 3 heterocycles. The summed E-state index contributed by atoms with van der Waals surface area (Å²) in [6.07, 6.45) is 6.77. The molecule has 26 heavy (non-hydrogen) atoms. The van der Waals surface area contributed by atoms with Crippen molar-refractivity contribution in [1.29, 1.82) is 0 Å². The minimum Gasteiger partial charge on any atom is -0.341 e. The molecule has 0 aliphatic carbocycles. The van der Waals surface area contributed by atoms with Gasteiger partial charge >= 0.3 is 0 Å². The maximum absolute atomic E-state index is 12.6. The van der Waals surface area contributed by atoms with Gasteiger partial charge < -0.3 is 9.47 Å².